The molecule has 0 amide bonds. The van der Waals surface area contributed by atoms with E-state index in [1.807, 2.05) is 19.1 Å². The minimum Gasteiger partial charge on any atom is -0.384 e. The van der Waals surface area contributed by atoms with Crippen molar-refractivity contribution in [3.8, 4) is 0 Å². The van der Waals surface area contributed by atoms with Crippen LogP contribution in [0.4, 0.5) is 10.1 Å². The first-order valence-electron chi connectivity index (χ1n) is 7.38. The van der Waals surface area contributed by atoms with Crippen molar-refractivity contribution in [1.82, 2.24) is 0 Å². The number of hydrogen-bond donors (Lipinski definition) is 1. The van der Waals surface area contributed by atoms with Crippen molar-refractivity contribution in [3.05, 3.63) is 29.6 Å². The van der Waals surface area contributed by atoms with E-state index in [9.17, 15) is 4.39 Å². The van der Waals surface area contributed by atoms with E-state index >= 15 is 0 Å². The maximum atomic E-state index is 14.3. The van der Waals surface area contributed by atoms with Crippen LogP contribution in [-0.4, -0.2) is 32.8 Å². The Labute approximate surface area is 120 Å². The summed E-state index contributed by atoms with van der Waals surface area (Å²) in [5, 5.41) is 0. The van der Waals surface area contributed by atoms with Gasteiger partial charge in [0.25, 0.3) is 0 Å². The number of anilines is 1. The third kappa shape index (κ3) is 3.93. The Kier molecular flexibility index (Phi) is 5.38. The van der Waals surface area contributed by atoms with Gasteiger partial charge >= 0.3 is 0 Å². The van der Waals surface area contributed by atoms with E-state index in [2.05, 4.69) is 4.90 Å². The van der Waals surface area contributed by atoms with Crippen molar-refractivity contribution in [2.75, 3.05) is 31.7 Å². The van der Waals surface area contributed by atoms with Gasteiger partial charge in [-0.15, -0.1) is 0 Å². The van der Waals surface area contributed by atoms with Crippen LogP contribution in [0.2, 0.25) is 0 Å². The van der Waals surface area contributed by atoms with E-state index < -0.39 is 0 Å². The molecule has 0 saturated carbocycles. The van der Waals surface area contributed by atoms with Crippen molar-refractivity contribution in [2.24, 2.45) is 11.7 Å². The summed E-state index contributed by atoms with van der Waals surface area (Å²) in [7, 11) is 1.72. The highest BCUT2D eigenvalue weighted by Gasteiger charge is 2.22. The van der Waals surface area contributed by atoms with Crippen molar-refractivity contribution < 1.29 is 9.13 Å². The van der Waals surface area contributed by atoms with Crippen LogP contribution in [0.3, 0.4) is 0 Å². The second-order valence-corrected chi connectivity index (χ2v) is 5.88. The molecule has 0 spiro atoms. The van der Waals surface area contributed by atoms with Gasteiger partial charge < -0.3 is 15.4 Å². The van der Waals surface area contributed by atoms with Crippen molar-refractivity contribution in [3.63, 3.8) is 0 Å². The maximum Gasteiger partial charge on any atom is 0.146 e. The predicted octanol–water partition coefficient (Wildman–Crippen LogP) is 2.58. The summed E-state index contributed by atoms with van der Waals surface area (Å²) in [4.78, 5) is 2.14. The van der Waals surface area contributed by atoms with Crippen LogP contribution in [0.1, 0.15) is 25.3 Å². The molecule has 1 aliphatic rings. The van der Waals surface area contributed by atoms with Gasteiger partial charge in [0.05, 0.1) is 12.3 Å². The molecule has 20 heavy (non-hydrogen) atoms. The van der Waals surface area contributed by atoms with Crippen LogP contribution in [0, 0.1) is 11.7 Å². The molecule has 3 nitrogen and oxygen atoms in total. The monoisotopic (exact) mass is 280 g/mol. The second kappa shape index (κ2) is 7.04. The van der Waals surface area contributed by atoms with Gasteiger partial charge in [0.1, 0.15) is 5.82 Å². The fraction of sp³-hybridized carbons (Fsp3) is 0.625. The topological polar surface area (TPSA) is 38.5 Å². The molecule has 2 unspecified atom stereocenters. The van der Waals surface area contributed by atoms with Crippen LogP contribution < -0.4 is 10.6 Å². The Morgan fingerprint density at radius 3 is 2.95 bits per heavy atom. The molecular weight excluding hydrogens is 255 g/mol. The minimum absolute atomic E-state index is 0.0568. The standard InChI is InChI=1S/C16H25FN2O/c1-12(18)8-13-5-6-16(15(17)9-13)19-7-3-4-14(10-19)11-20-2/h5-6,9,12,14H,3-4,7-8,10-11,18H2,1-2H3. The number of nitrogens with zero attached hydrogens (tertiary/aromatic N) is 1. The van der Waals surface area contributed by atoms with E-state index in [0.29, 0.717) is 18.0 Å². The molecule has 1 aliphatic heterocycles. The number of ether oxygens (including phenoxy) is 1. The van der Waals surface area contributed by atoms with Crippen LogP contribution in [0.25, 0.3) is 0 Å². The number of methoxy groups -OCH3 is 1. The average molecular weight is 280 g/mol. The molecule has 4 heteroatoms. The summed E-state index contributed by atoms with van der Waals surface area (Å²) < 4.78 is 19.5. The Hall–Kier alpha value is -1.13. The lowest BCUT2D eigenvalue weighted by Gasteiger charge is -2.34. The van der Waals surface area contributed by atoms with Gasteiger partial charge in [-0.3, -0.25) is 0 Å². The molecule has 2 rings (SSSR count). The van der Waals surface area contributed by atoms with Crippen molar-refractivity contribution in [2.45, 2.75) is 32.2 Å². The first-order chi connectivity index (χ1) is 9.60. The summed E-state index contributed by atoms with van der Waals surface area (Å²) in [6, 6.07) is 5.56. The molecular formula is C16H25FN2O. The molecule has 1 fully saturated rings. The molecule has 0 aromatic heterocycles. The van der Waals surface area contributed by atoms with Crippen LogP contribution in [-0.2, 0) is 11.2 Å². The molecule has 2 atom stereocenters. The van der Waals surface area contributed by atoms with Crippen molar-refractivity contribution >= 4 is 5.69 Å². The van der Waals surface area contributed by atoms with Crippen molar-refractivity contribution in [1.29, 1.82) is 0 Å². The Morgan fingerprint density at radius 1 is 1.50 bits per heavy atom. The first kappa shape index (κ1) is 15.3. The summed E-state index contributed by atoms with van der Waals surface area (Å²) in [5.74, 6) is 0.359. The third-order valence-electron chi connectivity index (χ3n) is 3.83. The zero-order valence-electron chi connectivity index (χ0n) is 12.4. The average Bonchev–Trinajstić information content (AvgIpc) is 2.39. The number of halogens is 1. The lowest BCUT2D eigenvalue weighted by atomic mass is 9.98. The first-order valence-corrected chi connectivity index (χ1v) is 7.38. The predicted molar refractivity (Wildman–Crippen MR) is 80.6 cm³/mol. The minimum atomic E-state index is -0.138. The Bertz CT molecular complexity index is 434. The smallest absolute Gasteiger partial charge is 0.146 e. The molecule has 112 valence electrons. The molecule has 1 aromatic carbocycles. The second-order valence-electron chi connectivity index (χ2n) is 5.88. The quantitative estimate of drug-likeness (QED) is 0.901. The van der Waals surface area contributed by atoms with Crippen LogP contribution >= 0.6 is 0 Å². The van der Waals surface area contributed by atoms with E-state index in [0.717, 1.165) is 38.1 Å². The number of piperidine rings is 1. The van der Waals surface area contributed by atoms with Gasteiger partial charge in [-0.05, 0) is 49.8 Å². The normalized spacial score (nSPS) is 21.0. The fourth-order valence-electron chi connectivity index (χ4n) is 2.96. The number of rotatable bonds is 5. The van der Waals surface area contributed by atoms with Gasteiger partial charge in [0.15, 0.2) is 0 Å². The Balaban J connectivity index is 2.08. The van der Waals surface area contributed by atoms with Crippen LogP contribution in [0.5, 0.6) is 0 Å². The highest BCUT2D eigenvalue weighted by molar-refractivity contribution is 5.49. The number of benzene rings is 1. The highest BCUT2D eigenvalue weighted by atomic mass is 19.1. The van der Waals surface area contributed by atoms with Gasteiger partial charge in [0, 0.05) is 26.2 Å². The third-order valence-corrected chi connectivity index (χ3v) is 3.83. The lowest BCUT2D eigenvalue weighted by molar-refractivity contribution is 0.143. The molecule has 2 N–H and O–H groups in total. The highest BCUT2D eigenvalue weighted by Crippen LogP contribution is 2.26. The van der Waals surface area contributed by atoms with Gasteiger partial charge in [0.2, 0.25) is 0 Å². The van der Waals surface area contributed by atoms with E-state index in [-0.39, 0.29) is 11.9 Å². The lowest BCUT2D eigenvalue weighted by Crippen LogP contribution is -2.37. The van der Waals surface area contributed by atoms with Gasteiger partial charge in [-0.2, -0.15) is 0 Å². The van der Waals surface area contributed by atoms with E-state index in [1.165, 1.54) is 0 Å². The fourth-order valence-corrected chi connectivity index (χ4v) is 2.96. The number of hydrogen-bond acceptors (Lipinski definition) is 3. The van der Waals surface area contributed by atoms with Gasteiger partial charge in [-0.25, -0.2) is 4.39 Å². The summed E-state index contributed by atoms with van der Waals surface area (Å²) in [6.07, 6.45) is 2.97. The Morgan fingerprint density at radius 2 is 2.30 bits per heavy atom. The zero-order chi connectivity index (χ0) is 14.5. The molecule has 0 bridgehead atoms. The van der Waals surface area contributed by atoms with Gasteiger partial charge in [-0.1, -0.05) is 6.07 Å². The molecule has 1 saturated heterocycles. The summed E-state index contributed by atoms with van der Waals surface area (Å²) in [6.45, 7) is 4.48. The van der Waals surface area contributed by atoms with E-state index in [1.54, 1.807) is 13.2 Å². The number of nitrogens with two attached hydrogens (primary N) is 1. The molecule has 1 heterocycles. The largest absolute Gasteiger partial charge is 0.384 e. The maximum absolute atomic E-state index is 14.3. The van der Waals surface area contributed by atoms with E-state index in [4.69, 9.17) is 10.5 Å². The molecule has 0 aliphatic carbocycles. The SMILES string of the molecule is COCC1CCCN(c2ccc(CC(C)N)cc2F)C1. The molecule has 1 aromatic rings. The molecule has 0 radical (unpaired) electrons. The van der Waals surface area contributed by atoms with Crippen LogP contribution in [0.15, 0.2) is 18.2 Å². The zero-order valence-corrected chi connectivity index (χ0v) is 12.4. The summed E-state index contributed by atoms with van der Waals surface area (Å²) >= 11 is 0. The summed E-state index contributed by atoms with van der Waals surface area (Å²) in [5.41, 5.74) is 7.43.